The second-order valence-electron chi connectivity index (χ2n) is 4.60. The summed E-state index contributed by atoms with van der Waals surface area (Å²) < 4.78 is 0. The summed E-state index contributed by atoms with van der Waals surface area (Å²) in [5, 5.41) is 17.0. The average Bonchev–Trinajstić information content (AvgIpc) is 2.53. The number of nitrogens with zero attached hydrogens (tertiary/aromatic N) is 1. The number of benzene rings is 2. The van der Waals surface area contributed by atoms with Gasteiger partial charge in [-0.05, 0) is 17.9 Å². The third-order valence-electron chi connectivity index (χ3n) is 3.06. The van der Waals surface area contributed by atoms with E-state index in [2.05, 4.69) is 10.6 Å². The highest BCUT2D eigenvalue weighted by Crippen LogP contribution is 2.23. The van der Waals surface area contributed by atoms with Gasteiger partial charge in [0.15, 0.2) is 0 Å². The van der Waals surface area contributed by atoms with Crippen molar-refractivity contribution in [3.8, 4) is 6.07 Å². The minimum atomic E-state index is -0.355. The number of hydrogen-bond acceptors (Lipinski definition) is 3. The SMILES string of the molecule is CCCNC(=O)/C(C#N)=C\Nc1cccc2ccccc12. The Balaban J connectivity index is 2.21. The zero-order valence-corrected chi connectivity index (χ0v) is 11.9. The Morgan fingerprint density at radius 2 is 2.00 bits per heavy atom. The van der Waals surface area contributed by atoms with E-state index in [0.29, 0.717) is 6.54 Å². The third kappa shape index (κ3) is 3.61. The lowest BCUT2D eigenvalue weighted by molar-refractivity contribution is -0.117. The van der Waals surface area contributed by atoms with E-state index in [1.165, 1.54) is 6.20 Å². The second kappa shape index (κ2) is 7.11. The minimum Gasteiger partial charge on any atom is -0.360 e. The van der Waals surface area contributed by atoms with Crippen molar-refractivity contribution in [2.75, 3.05) is 11.9 Å². The van der Waals surface area contributed by atoms with Gasteiger partial charge in [-0.2, -0.15) is 5.26 Å². The predicted octanol–water partition coefficient (Wildman–Crippen LogP) is 3.19. The molecule has 0 spiro atoms. The van der Waals surface area contributed by atoms with Gasteiger partial charge in [0.1, 0.15) is 11.6 Å². The quantitative estimate of drug-likeness (QED) is 0.652. The number of fused-ring (bicyclic) bond motifs is 1. The van der Waals surface area contributed by atoms with Crippen molar-refractivity contribution in [2.45, 2.75) is 13.3 Å². The highest BCUT2D eigenvalue weighted by Gasteiger charge is 2.07. The van der Waals surface area contributed by atoms with E-state index in [4.69, 9.17) is 5.26 Å². The molecule has 2 N–H and O–H groups in total. The Morgan fingerprint density at radius 3 is 2.76 bits per heavy atom. The lowest BCUT2D eigenvalue weighted by atomic mass is 10.1. The van der Waals surface area contributed by atoms with Crippen molar-refractivity contribution in [1.82, 2.24) is 5.32 Å². The van der Waals surface area contributed by atoms with Crippen LogP contribution in [-0.2, 0) is 4.79 Å². The summed E-state index contributed by atoms with van der Waals surface area (Å²) in [6.07, 6.45) is 2.29. The molecule has 0 fully saturated rings. The Bertz CT molecular complexity index is 708. The Morgan fingerprint density at radius 1 is 1.24 bits per heavy atom. The largest absolute Gasteiger partial charge is 0.360 e. The molecular formula is C17H17N3O. The maximum Gasteiger partial charge on any atom is 0.263 e. The van der Waals surface area contributed by atoms with Crippen LogP contribution in [0, 0.1) is 11.3 Å². The number of amides is 1. The highest BCUT2D eigenvalue weighted by atomic mass is 16.1. The molecule has 0 aliphatic carbocycles. The van der Waals surface area contributed by atoms with Gasteiger partial charge in [0, 0.05) is 23.8 Å². The first kappa shape index (κ1) is 14.6. The first-order valence-electron chi connectivity index (χ1n) is 6.89. The van der Waals surface area contributed by atoms with Crippen LogP contribution in [0.2, 0.25) is 0 Å². The molecule has 0 aliphatic heterocycles. The fourth-order valence-corrected chi connectivity index (χ4v) is 1.98. The summed E-state index contributed by atoms with van der Waals surface area (Å²) >= 11 is 0. The number of nitrogens with one attached hydrogen (secondary N) is 2. The average molecular weight is 279 g/mol. The zero-order chi connectivity index (χ0) is 15.1. The van der Waals surface area contributed by atoms with Gasteiger partial charge in [-0.15, -0.1) is 0 Å². The fourth-order valence-electron chi connectivity index (χ4n) is 1.98. The molecule has 0 radical (unpaired) electrons. The molecule has 106 valence electrons. The number of carbonyl (C=O) groups excluding carboxylic acids is 1. The van der Waals surface area contributed by atoms with Gasteiger partial charge in [-0.3, -0.25) is 4.79 Å². The smallest absolute Gasteiger partial charge is 0.263 e. The van der Waals surface area contributed by atoms with Gasteiger partial charge in [0.05, 0.1) is 0 Å². The Labute approximate surface area is 124 Å². The molecular weight excluding hydrogens is 262 g/mol. The van der Waals surface area contributed by atoms with Crippen molar-refractivity contribution >= 4 is 22.4 Å². The first-order chi connectivity index (χ1) is 10.3. The first-order valence-corrected chi connectivity index (χ1v) is 6.89. The van der Waals surface area contributed by atoms with Crippen molar-refractivity contribution < 1.29 is 4.79 Å². The third-order valence-corrected chi connectivity index (χ3v) is 3.06. The minimum absolute atomic E-state index is 0.0661. The lowest BCUT2D eigenvalue weighted by Gasteiger charge is -2.07. The summed E-state index contributed by atoms with van der Waals surface area (Å²) in [4.78, 5) is 11.8. The molecule has 0 aliphatic rings. The van der Waals surface area contributed by atoms with Crippen LogP contribution in [0.25, 0.3) is 10.8 Å². The monoisotopic (exact) mass is 279 g/mol. The molecule has 2 aromatic rings. The van der Waals surface area contributed by atoms with E-state index < -0.39 is 0 Å². The molecule has 4 nitrogen and oxygen atoms in total. The number of rotatable bonds is 5. The van der Waals surface area contributed by atoms with Crippen LogP contribution < -0.4 is 10.6 Å². The van der Waals surface area contributed by atoms with Gasteiger partial charge >= 0.3 is 0 Å². The van der Waals surface area contributed by atoms with Crippen LogP contribution in [0.1, 0.15) is 13.3 Å². The lowest BCUT2D eigenvalue weighted by Crippen LogP contribution is -2.25. The van der Waals surface area contributed by atoms with Gasteiger partial charge in [-0.1, -0.05) is 43.3 Å². The summed E-state index contributed by atoms with van der Waals surface area (Å²) in [7, 11) is 0. The maximum absolute atomic E-state index is 11.8. The molecule has 0 heterocycles. The molecule has 0 saturated carbocycles. The second-order valence-corrected chi connectivity index (χ2v) is 4.60. The van der Waals surface area contributed by atoms with E-state index in [0.717, 1.165) is 22.9 Å². The van der Waals surface area contributed by atoms with Crippen LogP contribution in [-0.4, -0.2) is 12.5 Å². The summed E-state index contributed by atoms with van der Waals surface area (Å²) in [5.41, 5.74) is 0.931. The molecule has 4 heteroatoms. The summed E-state index contributed by atoms with van der Waals surface area (Å²) in [6.45, 7) is 2.52. The molecule has 21 heavy (non-hydrogen) atoms. The van der Waals surface area contributed by atoms with E-state index in [1.807, 2.05) is 55.5 Å². The molecule has 0 atom stereocenters. The number of nitriles is 1. The predicted molar refractivity (Wildman–Crippen MR) is 84.6 cm³/mol. The van der Waals surface area contributed by atoms with Crippen molar-refractivity contribution in [2.24, 2.45) is 0 Å². The van der Waals surface area contributed by atoms with E-state index in [-0.39, 0.29) is 11.5 Å². The van der Waals surface area contributed by atoms with Crippen LogP contribution in [0.3, 0.4) is 0 Å². The van der Waals surface area contributed by atoms with Crippen molar-refractivity contribution in [3.63, 3.8) is 0 Å². The molecule has 0 bridgehead atoms. The van der Waals surface area contributed by atoms with E-state index >= 15 is 0 Å². The topological polar surface area (TPSA) is 64.9 Å². The number of carbonyl (C=O) groups is 1. The molecule has 0 saturated heterocycles. The Kier molecular flexibility index (Phi) is 4.94. The van der Waals surface area contributed by atoms with Gasteiger partial charge < -0.3 is 10.6 Å². The fraction of sp³-hybridized carbons (Fsp3) is 0.176. The molecule has 0 aromatic heterocycles. The molecule has 0 unspecified atom stereocenters. The standard InChI is InChI=1S/C17H17N3O/c1-2-10-19-17(21)14(11-18)12-20-16-9-5-7-13-6-3-4-8-15(13)16/h3-9,12,20H,2,10H2,1H3,(H,19,21)/b14-12-. The highest BCUT2D eigenvalue weighted by molar-refractivity contribution is 5.98. The molecule has 2 aromatic carbocycles. The van der Waals surface area contributed by atoms with E-state index in [9.17, 15) is 4.79 Å². The van der Waals surface area contributed by atoms with Crippen molar-refractivity contribution in [3.05, 3.63) is 54.2 Å². The molecule has 1 amide bonds. The van der Waals surface area contributed by atoms with E-state index in [1.54, 1.807) is 0 Å². The van der Waals surface area contributed by atoms with Crippen LogP contribution >= 0.6 is 0 Å². The maximum atomic E-state index is 11.8. The normalized spacial score (nSPS) is 11.0. The van der Waals surface area contributed by atoms with Crippen LogP contribution in [0.15, 0.2) is 54.2 Å². The zero-order valence-electron chi connectivity index (χ0n) is 11.9. The van der Waals surface area contributed by atoms with Gasteiger partial charge in [0.25, 0.3) is 5.91 Å². The van der Waals surface area contributed by atoms with Gasteiger partial charge in [0.2, 0.25) is 0 Å². The van der Waals surface area contributed by atoms with Crippen LogP contribution in [0.4, 0.5) is 5.69 Å². The summed E-state index contributed by atoms with van der Waals surface area (Å²) in [5.74, 6) is -0.355. The molecule has 2 rings (SSSR count). The number of hydrogen-bond donors (Lipinski definition) is 2. The van der Waals surface area contributed by atoms with Crippen LogP contribution in [0.5, 0.6) is 0 Å². The summed E-state index contributed by atoms with van der Waals surface area (Å²) in [6, 6.07) is 15.7. The van der Waals surface area contributed by atoms with Crippen molar-refractivity contribution in [1.29, 1.82) is 5.26 Å². The van der Waals surface area contributed by atoms with Gasteiger partial charge in [-0.25, -0.2) is 0 Å². The number of anilines is 1. The Hall–Kier alpha value is -2.80.